The molecule has 0 aliphatic rings. The molecule has 0 spiro atoms. The van der Waals surface area contributed by atoms with Crippen molar-refractivity contribution in [3.05, 3.63) is 29.6 Å². The molecule has 0 aliphatic carbocycles. The van der Waals surface area contributed by atoms with Gasteiger partial charge in [-0.1, -0.05) is 11.8 Å². The number of likely N-dealkylation sites (N-methyl/N-ethyl adjacent to an activating group) is 2. The molecule has 1 heterocycles. The summed E-state index contributed by atoms with van der Waals surface area (Å²) < 4.78 is 0. The van der Waals surface area contributed by atoms with Crippen molar-refractivity contribution in [2.45, 2.75) is 0 Å². The van der Waals surface area contributed by atoms with Crippen molar-refractivity contribution in [2.24, 2.45) is 0 Å². The van der Waals surface area contributed by atoms with E-state index in [4.69, 9.17) is 5.11 Å². The number of aromatic nitrogens is 1. The Kier molecular flexibility index (Phi) is 6.00. The predicted octanol–water partition coefficient (Wildman–Crippen LogP) is 0.0590. The number of carbonyl (C=O) groups is 1. The molecule has 0 fully saturated rings. The lowest BCUT2D eigenvalue weighted by molar-refractivity contribution is 0.0780. The van der Waals surface area contributed by atoms with E-state index in [-0.39, 0.29) is 12.5 Å². The fraction of sp³-hybridized carbons (Fsp3) is 0.429. The van der Waals surface area contributed by atoms with Crippen LogP contribution in [0, 0.1) is 11.8 Å². The maximum Gasteiger partial charge on any atom is 0.272 e. The Labute approximate surface area is 113 Å². The second-order valence-corrected chi connectivity index (χ2v) is 4.42. The van der Waals surface area contributed by atoms with Crippen LogP contribution in [0.15, 0.2) is 18.3 Å². The second-order valence-electron chi connectivity index (χ2n) is 4.42. The molecule has 0 atom stereocenters. The summed E-state index contributed by atoms with van der Waals surface area (Å²) in [5, 5.41) is 8.59. The Morgan fingerprint density at radius 3 is 2.58 bits per heavy atom. The maximum absolute atomic E-state index is 12.1. The van der Waals surface area contributed by atoms with Gasteiger partial charge < -0.3 is 14.9 Å². The topological polar surface area (TPSA) is 56.7 Å². The van der Waals surface area contributed by atoms with Crippen molar-refractivity contribution in [3.63, 3.8) is 0 Å². The summed E-state index contributed by atoms with van der Waals surface area (Å²) in [5.41, 5.74) is 1.08. The van der Waals surface area contributed by atoms with Gasteiger partial charge in [-0.25, -0.2) is 4.98 Å². The van der Waals surface area contributed by atoms with Crippen molar-refractivity contribution in [2.75, 3.05) is 40.8 Å². The van der Waals surface area contributed by atoms with Gasteiger partial charge in [-0.05, 0) is 26.2 Å². The summed E-state index contributed by atoms with van der Waals surface area (Å²) in [6.07, 6.45) is 1.54. The lowest BCUT2D eigenvalue weighted by Gasteiger charge is -2.19. The van der Waals surface area contributed by atoms with Crippen LogP contribution >= 0.6 is 0 Å². The Hall–Kier alpha value is -1.90. The molecule has 0 unspecified atom stereocenters. The number of amides is 1. The van der Waals surface area contributed by atoms with Crippen LogP contribution in [0.3, 0.4) is 0 Å². The zero-order valence-corrected chi connectivity index (χ0v) is 11.6. The first-order chi connectivity index (χ1) is 9.04. The molecule has 0 aromatic carbocycles. The van der Waals surface area contributed by atoms with Gasteiger partial charge in [0.15, 0.2) is 0 Å². The van der Waals surface area contributed by atoms with Crippen molar-refractivity contribution >= 4 is 5.91 Å². The van der Waals surface area contributed by atoms with Crippen LogP contribution < -0.4 is 0 Å². The number of aliphatic hydroxyl groups excluding tert-OH is 1. The van der Waals surface area contributed by atoms with Crippen molar-refractivity contribution in [3.8, 4) is 11.8 Å². The molecule has 1 amide bonds. The zero-order chi connectivity index (χ0) is 14.3. The van der Waals surface area contributed by atoms with Gasteiger partial charge in [0.25, 0.3) is 5.91 Å². The zero-order valence-electron chi connectivity index (χ0n) is 11.6. The van der Waals surface area contributed by atoms with Crippen LogP contribution in [0.2, 0.25) is 0 Å². The molecule has 0 saturated heterocycles. The Morgan fingerprint density at radius 1 is 1.32 bits per heavy atom. The van der Waals surface area contributed by atoms with Gasteiger partial charge >= 0.3 is 0 Å². The molecule has 102 valence electrons. The molecule has 5 heteroatoms. The Balaban J connectivity index is 2.67. The number of nitrogens with zero attached hydrogens (tertiary/aromatic N) is 3. The molecule has 1 N–H and O–H groups in total. The van der Waals surface area contributed by atoms with Crippen molar-refractivity contribution < 1.29 is 9.90 Å². The SMILES string of the molecule is CN(C)CCN(C)C(=O)c1ccc(C#CCO)cn1. The molecule has 0 aliphatic heterocycles. The van der Waals surface area contributed by atoms with E-state index in [9.17, 15) is 4.79 Å². The van der Waals surface area contributed by atoms with Crippen LogP contribution in [-0.2, 0) is 0 Å². The van der Waals surface area contributed by atoms with E-state index in [1.54, 1.807) is 24.1 Å². The largest absolute Gasteiger partial charge is 0.384 e. The van der Waals surface area contributed by atoms with Gasteiger partial charge in [-0.2, -0.15) is 0 Å². The highest BCUT2D eigenvalue weighted by Gasteiger charge is 2.12. The first-order valence-electron chi connectivity index (χ1n) is 6.00. The van der Waals surface area contributed by atoms with E-state index in [1.807, 2.05) is 19.0 Å². The lowest BCUT2D eigenvalue weighted by atomic mass is 10.2. The minimum Gasteiger partial charge on any atom is -0.384 e. The summed E-state index contributed by atoms with van der Waals surface area (Å²) in [6, 6.07) is 3.37. The smallest absolute Gasteiger partial charge is 0.272 e. The fourth-order valence-electron chi connectivity index (χ4n) is 1.38. The number of hydrogen-bond acceptors (Lipinski definition) is 4. The number of rotatable bonds is 4. The van der Waals surface area contributed by atoms with Gasteiger partial charge in [0.1, 0.15) is 12.3 Å². The van der Waals surface area contributed by atoms with Gasteiger partial charge in [-0.15, -0.1) is 0 Å². The standard InChI is InChI=1S/C14H19N3O2/c1-16(2)8-9-17(3)14(19)13-7-6-12(11-15-13)5-4-10-18/h6-7,11,18H,8-10H2,1-3H3. The average Bonchev–Trinajstić information content (AvgIpc) is 2.42. The van der Waals surface area contributed by atoms with Crippen LogP contribution in [0.5, 0.6) is 0 Å². The highest BCUT2D eigenvalue weighted by Crippen LogP contribution is 2.02. The third-order valence-corrected chi connectivity index (χ3v) is 2.52. The van der Waals surface area contributed by atoms with E-state index >= 15 is 0 Å². The minimum atomic E-state index is -0.187. The second kappa shape index (κ2) is 7.52. The molecule has 0 bridgehead atoms. The first-order valence-corrected chi connectivity index (χ1v) is 6.00. The van der Waals surface area contributed by atoms with E-state index < -0.39 is 0 Å². The van der Waals surface area contributed by atoms with Crippen molar-refractivity contribution in [1.82, 2.24) is 14.8 Å². The molecular weight excluding hydrogens is 242 g/mol. The van der Waals surface area contributed by atoms with Gasteiger partial charge in [0, 0.05) is 31.9 Å². The van der Waals surface area contributed by atoms with Gasteiger partial charge in [0.05, 0.1) is 0 Å². The third kappa shape index (κ3) is 5.08. The highest BCUT2D eigenvalue weighted by atomic mass is 16.2. The molecule has 0 radical (unpaired) electrons. The van der Waals surface area contributed by atoms with E-state index in [0.29, 0.717) is 17.8 Å². The van der Waals surface area contributed by atoms with E-state index in [2.05, 4.69) is 16.8 Å². The van der Waals surface area contributed by atoms with Crippen LogP contribution in [0.25, 0.3) is 0 Å². The summed E-state index contributed by atoms with van der Waals surface area (Å²) in [5.74, 6) is 5.16. The van der Waals surface area contributed by atoms with Crippen LogP contribution in [0.4, 0.5) is 0 Å². The van der Waals surface area contributed by atoms with Gasteiger partial charge in [-0.3, -0.25) is 4.79 Å². The summed E-state index contributed by atoms with van der Waals surface area (Å²) in [4.78, 5) is 19.8. The van der Waals surface area contributed by atoms with E-state index in [0.717, 1.165) is 6.54 Å². The van der Waals surface area contributed by atoms with Crippen LogP contribution in [-0.4, -0.2) is 66.6 Å². The van der Waals surface area contributed by atoms with E-state index in [1.165, 1.54) is 6.20 Å². The van der Waals surface area contributed by atoms with Crippen molar-refractivity contribution in [1.29, 1.82) is 0 Å². The maximum atomic E-state index is 12.1. The molecular formula is C14H19N3O2. The molecule has 1 aromatic rings. The summed E-state index contributed by atoms with van der Waals surface area (Å²) in [6.45, 7) is 1.27. The number of carbonyl (C=O) groups excluding carboxylic acids is 1. The summed E-state index contributed by atoms with van der Waals surface area (Å²) >= 11 is 0. The number of hydrogen-bond donors (Lipinski definition) is 1. The third-order valence-electron chi connectivity index (χ3n) is 2.52. The molecule has 1 aromatic heterocycles. The molecule has 0 saturated carbocycles. The Bertz CT molecular complexity index is 472. The number of aliphatic hydroxyl groups is 1. The molecule has 19 heavy (non-hydrogen) atoms. The minimum absolute atomic E-state index is 0.108. The number of pyridine rings is 1. The Morgan fingerprint density at radius 2 is 2.05 bits per heavy atom. The molecule has 1 rings (SSSR count). The monoisotopic (exact) mass is 261 g/mol. The molecule has 5 nitrogen and oxygen atoms in total. The van der Waals surface area contributed by atoms with Gasteiger partial charge in [0.2, 0.25) is 0 Å². The summed E-state index contributed by atoms with van der Waals surface area (Å²) in [7, 11) is 5.68. The fourth-order valence-corrected chi connectivity index (χ4v) is 1.38. The predicted molar refractivity (Wildman–Crippen MR) is 73.7 cm³/mol. The first kappa shape index (κ1) is 15.2. The normalized spacial score (nSPS) is 9.95. The quantitative estimate of drug-likeness (QED) is 0.779. The van der Waals surface area contributed by atoms with Crippen LogP contribution in [0.1, 0.15) is 16.1 Å². The highest BCUT2D eigenvalue weighted by molar-refractivity contribution is 5.92. The lowest BCUT2D eigenvalue weighted by Crippen LogP contribution is -2.33. The average molecular weight is 261 g/mol.